The van der Waals surface area contributed by atoms with Gasteiger partial charge in [-0.05, 0) is 112 Å². The number of hydrogen-bond donors (Lipinski definition) is 0. The van der Waals surface area contributed by atoms with Crippen molar-refractivity contribution in [1.82, 2.24) is 4.90 Å². The topological polar surface area (TPSA) is 79.6 Å². The summed E-state index contributed by atoms with van der Waals surface area (Å²) in [5, 5.41) is 9.91. The van der Waals surface area contributed by atoms with Crippen molar-refractivity contribution >= 4 is 11.9 Å². The first-order valence-electron chi connectivity index (χ1n) is 14.8. The number of carbonyl (C=O) groups is 2. The Bertz CT molecular complexity index is 870. The van der Waals surface area contributed by atoms with E-state index in [0.717, 1.165) is 50.0 Å². The number of rotatable bonds is 4. The Morgan fingerprint density at radius 3 is 2.22 bits per heavy atom. The van der Waals surface area contributed by atoms with Crippen molar-refractivity contribution in [1.29, 1.82) is 5.26 Å². The minimum Gasteiger partial charge on any atom is -0.463 e. The number of nitrogens with zero attached hydrogens (tertiary/aromatic N) is 2. The minimum atomic E-state index is -0.158. The number of piperidine rings is 1. The zero-order chi connectivity index (χ0) is 25.6. The van der Waals surface area contributed by atoms with Crippen LogP contribution in [0.3, 0.4) is 0 Å². The molecule has 1 saturated heterocycles. The molecule has 0 aromatic carbocycles. The summed E-state index contributed by atoms with van der Waals surface area (Å²) in [6, 6.07) is 0.262. The molecule has 0 amide bonds. The molecule has 0 unspecified atom stereocenters. The molecule has 200 valence electrons. The van der Waals surface area contributed by atoms with Crippen LogP contribution in [-0.4, -0.2) is 41.6 Å². The maximum absolute atomic E-state index is 12.2. The molecule has 5 fully saturated rings. The van der Waals surface area contributed by atoms with Gasteiger partial charge in [-0.3, -0.25) is 9.59 Å². The Labute approximate surface area is 217 Å². The smallest absolute Gasteiger partial charge is 0.302 e. The average Bonchev–Trinajstić information content (AvgIpc) is 3.20. The third-order valence-electron chi connectivity index (χ3n) is 11.2. The Balaban J connectivity index is 1.33. The molecule has 4 aliphatic carbocycles. The fraction of sp³-hybridized carbons (Fsp3) is 0.900. The van der Waals surface area contributed by atoms with Gasteiger partial charge in [-0.25, -0.2) is 0 Å². The van der Waals surface area contributed by atoms with Crippen molar-refractivity contribution in [2.24, 2.45) is 53.3 Å². The van der Waals surface area contributed by atoms with E-state index in [9.17, 15) is 14.9 Å². The number of ether oxygens (including phenoxy) is 2. The SMILES string of the molecule is CC(=O)O[C@@H]1CC[C@@H]2[C@H](CC[C@H]3[C@H]4C[C@H](OC(C)=O)[C@H]([C@H](C)[C@@H]5CC[C@@H](C)CN5C#N)[C@@H]4CC[C@@H]32)C1. The van der Waals surface area contributed by atoms with Crippen LogP contribution in [0.5, 0.6) is 0 Å². The highest BCUT2D eigenvalue weighted by molar-refractivity contribution is 5.66. The van der Waals surface area contributed by atoms with Crippen molar-refractivity contribution < 1.29 is 19.1 Å². The quantitative estimate of drug-likeness (QED) is 0.373. The summed E-state index contributed by atoms with van der Waals surface area (Å²) in [7, 11) is 0. The van der Waals surface area contributed by atoms with Gasteiger partial charge in [-0.2, -0.15) is 5.26 Å². The molecule has 5 rings (SSSR count). The highest BCUT2D eigenvalue weighted by Gasteiger charge is 2.57. The average molecular weight is 499 g/mol. The molecule has 0 aromatic heterocycles. The molecule has 4 saturated carbocycles. The van der Waals surface area contributed by atoms with E-state index < -0.39 is 0 Å². The highest BCUT2D eigenvalue weighted by atomic mass is 16.5. The van der Waals surface area contributed by atoms with Crippen molar-refractivity contribution in [3.63, 3.8) is 0 Å². The van der Waals surface area contributed by atoms with Crippen LogP contribution in [0.1, 0.15) is 91.9 Å². The van der Waals surface area contributed by atoms with Crippen LogP contribution in [0.4, 0.5) is 0 Å². The van der Waals surface area contributed by atoms with Gasteiger partial charge >= 0.3 is 11.9 Å². The van der Waals surface area contributed by atoms with Gasteiger partial charge < -0.3 is 14.4 Å². The lowest BCUT2D eigenvalue weighted by atomic mass is 9.53. The fourth-order valence-electron chi connectivity index (χ4n) is 9.98. The molecule has 0 spiro atoms. The molecule has 12 atom stereocenters. The molecular formula is C30H46N2O4. The van der Waals surface area contributed by atoms with Gasteiger partial charge in [0, 0.05) is 32.4 Å². The summed E-state index contributed by atoms with van der Waals surface area (Å²) in [5.74, 6) is 5.14. The third-order valence-corrected chi connectivity index (χ3v) is 11.2. The number of hydrogen-bond acceptors (Lipinski definition) is 6. The Kier molecular flexibility index (Phi) is 7.57. The molecule has 0 aromatic rings. The Morgan fingerprint density at radius 2 is 1.50 bits per heavy atom. The van der Waals surface area contributed by atoms with E-state index in [4.69, 9.17) is 9.47 Å². The summed E-state index contributed by atoms with van der Waals surface area (Å²) < 4.78 is 11.7. The molecule has 1 aliphatic heterocycles. The first kappa shape index (κ1) is 25.9. The second-order valence-corrected chi connectivity index (χ2v) is 13.1. The number of likely N-dealkylation sites (tertiary alicyclic amines) is 1. The van der Waals surface area contributed by atoms with Gasteiger partial charge in [0.05, 0.1) is 0 Å². The van der Waals surface area contributed by atoms with Crippen LogP contribution in [0.25, 0.3) is 0 Å². The molecule has 0 N–H and O–H groups in total. The minimum absolute atomic E-state index is 0.0106. The van der Waals surface area contributed by atoms with Crippen LogP contribution >= 0.6 is 0 Å². The van der Waals surface area contributed by atoms with Crippen LogP contribution in [0.2, 0.25) is 0 Å². The lowest BCUT2D eigenvalue weighted by Gasteiger charge is -2.53. The molecule has 5 aliphatic rings. The van der Waals surface area contributed by atoms with Gasteiger partial charge in [0.25, 0.3) is 0 Å². The third kappa shape index (κ3) is 4.88. The fourth-order valence-corrected chi connectivity index (χ4v) is 9.98. The lowest BCUT2D eigenvalue weighted by Crippen LogP contribution is -2.49. The Hall–Kier alpha value is -1.77. The lowest BCUT2D eigenvalue weighted by molar-refractivity contribution is -0.152. The zero-order valence-corrected chi connectivity index (χ0v) is 22.7. The standard InChI is InChI=1S/C30H46N2O4/c1-17-5-12-28(32(15-17)16-31)18(2)30-26-11-10-24-23-9-7-22(35-19(3)33)13-21(23)6-8-25(24)27(26)14-29(30)36-20(4)34/h17-18,21-30H,5-15H2,1-4H3/t17-,18-,21-,22-,23-,24-,25-,26-,27-,28+,29+,30-/m1/s1. The second-order valence-electron chi connectivity index (χ2n) is 13.1. The molecule has 6 heteroatoms. The van der Waals surface area contributed by atoms with Gasteiger partial charge in [0.1, 0.15) is 12.2 Å². The Morgan fingerprint density at radius 1 is 0.833 bits per heavy atom. The van der Waals surface area contributed by atoms with E-state index in [1.54, 1.807) is 6.92 Å². The summed E-state index contributed by atoms with van der Waals surface area (Å²) in [6.45, 7) is 8.53. The molecule has 1 heterocycles. The predicted molar refractivity (Wildman–Crippen MR) is 136 cm³/mol. The number of carbonyl (C=O) groups excluding carboxylic acids is 2. The molecule has 0 radical (unpaired) electrons. The van der Waals surface area contributed by atoms with E-state index in [1.165, 1.54) is 45.4 Å². The van der Waals surface area contributed by atoms with Crippen LogP contribution in [0.15, 0.2) is 0 Å². The van der Waals surface area contributed by atoms with Crippen molar-refractivity contribution in [3.05, 3.63) is 0 Å². The van der Waals surface area contributed by atoms with Gasteiger partial charge in [0.2, 0.25) is 0 Å². The summed E-state index contributed by atoms with van der Waals surface area (Å²) in [6.07, 6.45) is 14.1. The highest BCUT2D eigenvalue weighted by Crippen LogP contribution is 2.61. The molecule has 6 nitrogen and oxygen atoms in total. The molecule has 0 bridgehead atoms. The summed E-state index contributed by atoms with van der Waals surface area (Å²) in [5.41, 5.74) is 0. The van der Waals surface area contributed by atoms with E-state index in [-0.39, 0.29) is 30.2 Å². The van der Waals surface area contributed by atoms with Crippen LogP contribution in [-0.2, 0) is 19.1 Å². The van der Waals surface area contributed by atoms with Crippen molar-refractivity contribution in [3.8, 4) is 6.19 Å². The van der Waals surface area contributed by atoms with Crippen molar-refractivity contribution in [2.75, 3.05) is 6.54 Å². The number of esters is 2. The largest absolute Gasteiger partial charge is 0.463 e. The van der Waals surface area contributed by atoms with Crippen molar-refractivity contribution in [2.45, 2.75) is 110 Å². The zero-order valence-electron chi connectivity index (χ0n) is 22.7. The summed E-state index contributed by atoms with van der Waals surface area (Å²) >= 11 is 0. The number of nitriles is 1. The maximum atomic E-state index is 12.2. The van der Waals surface area contributed by atoms with E-state index in [0.29, 0.717) is 35.5 Å². The summed E-state index contributed by atoms with van der Waals surface area (Å²) in [4.78, 5) is 25.7. The monoisotopic (exact) mass is 498 g/mol. The van der Waals surface area contributed by atoms with Crippen LogP contribution < -0.4 is 0 Å². The van der Waals surface area contributed by atoms with Gasteiger partial charge in [-0.1, -0.05) is 13.8 Å². The maximum Gasteiger partial charge on any atom is 0.302 e. The molecular weight excluding hydrogens is 452 g/mol. The molecule has 36 heavy (non-hydrogen) atoms. The van der Waals surface area contributed by atoms with E-state index >= 15 is 0 Å². The van der Waals surface area contributed by atoms with Gasteiger partial charge in [-0.15, -0.1) is 0 Å². The normalized spacial score (nSPS) is 44.9. The predicted octanol–water partition coefficient (Wildman–Crippen LogP) is 5.56. The number of fused-ring (bicyclic) bond motifs is 5. The van der Waals surface area contributed by atoms with E-state index in [1.807, 2.05) is 4.90 Å². The first-order valence-corrected chi connectivity index (χ1v) is 14.8. The van der Waals surface area contributed by atoms with Gasteiger partial charge in [0.15, 0.2) is 6.19 Å². The van der Waals surface area contributed by atoms with E-state index in [2.05, 4.69) is 20.0 Å². The first-order chi connectivity index (χ1) is 17.3. The second kappa shape index (κ2) is 10.5. The van der Waals surface area contributed by atoms with Crippen LogP contribution in [0, 0.1) is 64.7 Å².